The number of benzene rings is 1. The second-order valence-corrected chi connectivity index (χ2v) is 7.66. The fourth-order valence-electron chi connectivity index (χ4n) is 3.46. The Labute approximate surface area is 151 Å². The molecule has 0 atom stereocenters. The van der Waals surface area contributed by atoms with Crippen molar-refractivity contribution in [3.8, 4) is 0 Å². The van der Waals surface area contributed by atoms with Crippen LogP contribution in [-0.2, 0) is 13.1 Å². The molecule has 1 fully saturated rings. The molecule has 0 amide bonds. The van der Waals surface area contributed by atoms with Gasteiger partial charge in [0.25, 0.3) is 0 Å². The minimum Gasteiger partial charge on any atom is -0.389 e. The average molecular weight is 339 g/mol. The Morgan fingerprint density at radius 1 is 1.00 bits per heavy atom. The molecule has 4 heteroatoms. The molecule has 0 aliphatic carbocycles. The number of pyridine rings is 1. The molecule has 1 saturated heterocycles. The van der Waals surface area contributed by atoms with E-state index in [2.05, 4.69) is 51.2 Å². The first kappa shape index (κ1) is 17.9. The van der Waals surface area contributed by atoms with E-state index in [-0.39, 0.29) is 0 Å². The lowest BCUT2D eigenvalue weighted by molar-refractivity contribution is 0.0306. The lowest BCUT2D eigenvalue weighted by atomic mass is 10.1. The maximum absolute atomic E-state index is 10.3. The van der Waals surface area contributed by atoms with Crippen LogP contribution < -0.4 is 4.90 Å². The molecule has 1 aliphatic heterocycles. The van der Waals surface area contributed by atoms with Crippen LogP contribution in [0.4, 0.5) is 5.82 Å². The van der Waals surface area contributed by atoms with Crippen LogP contribution in [0.3, 0.4) is 0 Å². The van der Waals surface area contributed by atoms with Crippen LogP contribution in [-0.4, -0.2) is 40.2 Å². The third-order valence-electron chi connectivity index (χ3n) is 4.50. The molecular formula is C21H29N3O. The van der Waals surface area contributed by atoms with Gasteiger partial charge in [0.2, 0.25) is 0 Å². The number of nitrogens with zero attached hydrogens (tertiary/aromatic N) is 3. The van der Waals surface area contributed by atoms with Crippen LogP contribution in [0.15, 0.2) is 48.7 Å². The molecular weight excluding hydrogens is 310 g/mol. The summed E-state index contributed by atoms with van der Waals surface area (Å²) in [6, 6.07) is 14.7. The summed E-state index contributed by atoms with van der Waals surface area (Å²) in [6.45, 7) is 8.18. The Kier molecular flexibility index (Phi) is 5.71. The third-order valence-corrected chi connectivity index (χ3v) is 4.50. The molecule has 25 heavy (non-hydrogen) atoms. The molecule has 2 aromatic rings. The van der Waals surface area contributed by atoms with E-state index in [4.69, 9.17) is 0 Å². The highest BCUT2D eigenvalue weighted by Crippen LogP contribution is 2.19. The SMILES string of the molecule is CC(C)(O)CN(Cc1ccccc1)Cc1ccc(N2CCCC2)nc1. The van der Waals surface area contributed by atoms with Gasteiger partial charge in [0.1, 0.15) is 5.82 Å². The zero-order valence-corrected chi connectivity index (χ0v) is 15.4. The smallest absolute Gasteiger partial charge is 0.128 e. The monoisotopic (exact) mass is 339 g/mol. The van der Waals surface area contributed by atoms with Crippen molar-refractivity contribution >= 4 is 5.82 Å². The lowest BCUT2D eigenvalue weighted by Gasteiger charge is -2.29. The highest BCUT2D eigenvalue weighted by atomic mass is 16.3. The van der Waals surface area contributed by atoms with Gasteiger partial charge in [-0.2, -0.15) is 0 Å². The molecule has 0 saturated carbocycles. The molecule has 134 valence electrons. The lowest BCUT2D eigenvalue weighted by Crippen LogP contribution is -2.37. The van der Waals surface area contributed by atoms with Crippen LogP contribution in [0.2, 0.25) is 0 Å². The predicted octanol–water partition coefficient (Wildman–Crippen LogP) is 3.45. The van der Waals surface area contributed by atoms with E-state index in [0.29, 0.717) is 6.54 Å². The van der Waals surface area contributed by atoms with Gasteiger partial charge in [-0.05, 0) is 43.9 Å². The van der Waals surface area contributed by atoms with E-state index < -0.39 is 5.60 Å². The quantitative estimate of drug-likeness (QED) is 0.839. The minimum absolute atomic E-state index is 0.621. The maximum atomic E-state index is 10.3. The standard InChI is InChI=1S/C21H29N3O/c1-21(2,25)17-23(15-18-8-4-3-5-9-18)16-19-10-11-20(22-14-19)24-12-6-7-13-24/h3-5,8-11,14,25H,6-7,12-13,15-17H2,1-2H3. The van der Waals surface area contributed by atoms with Gasteiger partial charge in [-0.3, -0.25) is 4.90 Å². The van der Waals surface area contributed by atoms with E-state index in [1.54, 1.807) is 0 Å². The first-order chi connectivity index (χ1) is 12.0. The summed E-state index contributed by atoms with van der Waals surface area (Å²) in [4.78, 5) is 9.28. The van der Waals surface area contributed by atoms with Gasteiger partial charge < -0.3 is 10.0 Å². The Morgan fingerprint density at radius 2 is 1.68 bits per heavy atom. The topological polar surface area (TPSA) is 39.6 Å². The summed E-state index contributed by atoms with van der Waals surface area (Å²) in [5.74, 6) is 1.08. The van der Waals surface area contributed by atoms with Crippen molar-refractivity contribution in [1.29, 1.82) is 0 Å². The predicted molar refractivity (Wildman–Crippen MR) is 103 cm³/mol. The zero-order chi connectivity index (χ0) is 17.7. The summed E-state index contributed by atoms with van der Waals surface area (Å²) in [5, 5.41) is 10.3. The second kappa shape index (κ2) is 7.98. The van der Waals surface area contributed by atoms with Gasteiger partial charge in [0.15, 0.2) is 0 Å². The van der Waals surface area contributed by atoms with Gasteiger partial charge in [0, 0.05) is 38.9 Å². The van der Waals surface area contributed by atoms with Gasteiger partial charge in [0.05, 0.1) is 5.60 Å². The molecule has 0 bridgehead atoms. The van der Waals surface area contributed by atoms with Crippen LogP contribution >= 0.6 is 0 Å². The van der Waals surface area contributed by atoms with Crippen molar-refractivity contribution in [3.05, 3.63) is 59.8 Å². The van der Waals surface area contributed by atoms with Gasteiger partial charge in [-0.15, -0.1) is 0 Å². The van der Waals surface area contributed by atoms with E-state index >= 15 is 0 Å². The fraction of sp³-hybridized carbons (Fsp3) is 0.476. The van der Waals surface area contributed by atoms with Crippen LogP contribution in [0.5, 0.6) is 0 Å². The largest absolute Gasteiger partial charge is 0.389 e. The second-order valence-electron chi connectivity index (χ2n) is 7.66. The van der Waals surface area contributed by atoms with Crippen LogP contribution in [0.1, 0.15) is 37.8 Å². The number of hydrogen-bond donors (Lipinski definition) is 1. The normalized spacial score (nSPS) is 15.1. The van der Waals surface area contributed by atoms with Crippen molar-refractivity contribution in [3.63, 3.8) is 0 Å². The molecule has 1 aliphatic rings. The summed E-state index contributed by atoms with van der Waals surface area (Å²) in [6.07, 6.45) is 4.51. The van der Waals surface area contributed by atoms with Gasteiger partial charge >= 0.3 is 0 Å². The molecule has 2 heterocycles. The highest BCUT2D eigenvalue weighted by Gasteiger charge is 2.19. The van der Waals surface area contributed by atoms with E-state index in [0.717, 1.165) is 32.0 Å². The molecule has 3 rings (SSSR count). The van der Waals surface area contributed by atoms with E-state index in [9.17, 15) is 5.11 Å². The Hall–Kier alpha value is -1.91. The molecule has 1 aromatic carbocycles. The molecule has 1 N–H and O–H groups in total. The first-order valence-electron chi connectivity index (χ1n) is 9.18. The number of aromatic nitrogens is 1. The molecule has 4 nitrogen and oxygen atoms in total. The third kappa shape index (κ3) is 5.55. The van der Waals surface area contributed by atoms with E-state index in [1.165, 1.54) is 24.0 Å². The highest BCUT2D eigenvalue weighted by molar-refractivity contribution is 5.40. The van der Waals surface area contributed by atoms with E-state index in [1.807, 2.05) is 26.1 Å². The summed E-state index contributed by atoms with van der Waals surface area (Å²) >= 11 is 0. The zero-order valence-electron chi connectivity index (χ0n) is 15.4. The summed E-state index contributed by atoms with van der Waals surface area (Å²) in [5.41, 5.74) is 1.72. The van der Waals surface area contributed by atoms with Gasteiger partial charge in [-0.1, -0.05) is 36.4 Å². The Balaban J connectivity index is 1.68. The van der Waals surface area contributed by atoms with Crippen molar-refractivity contribution in [2.24, 2.45) is 0 Å². The molecule has 1 aromatic heterocycles. The minimum atomic E-state index is -0.725. The average Bonchev–Trinajstić information content (AvgIpc) is 3.09. The fourth-order valence-corrected chi connectivity index (χ4v) is 3.46. The Bertz CT molecular complexity index is 643. The van der Waals surface area contributed by atoms with Crippen molar-refractivity contribution < 1.29 is 5.11 Å². The molecule has 0 spiro atoms. The van der Waals surface area contributed by atoms with Crippen molar-refractivity contribution in [2.75, 3.05) is 24.5 Å². The first-order valence-corrected chi connectivity index (χ1v) is 9.18. The van der Waals surface area contributed by atoms with Crippen LogP contribution in [0, 0.1) is 0 Å². The van der Waals surface area contributed by atoms with Crippen LogP contribution in [0.25, 0.3) is 0 Å². The van der Waals surface area contributed by atoms with Crippen molar-refractivity contribution in [2.45, 2.75) is 45.4 Å². The number of rotatable bonds is 7. The summed E-state index contributed by atoms with van der Waals surface area (Å²) in [7, 11) is 0. The molecule has 0 radical (unpaired) electrons. The number of hydrogen-bond acceptors (Lipinski definition) is 4. The maximum Gasteiger partial charge on any atom is 0.128 e. The van der Waals surface area contributed by atoms with Gasteiger partial charge in [-0.25, -0.2) is 4.98 Å². The number of anilines is 1. The summed E-state index contributed by atoms with van der Waals surface area (Å²) < 4.78 is 0. The Morgan fingerprint density at radius 3 is 2.28 bits per heavy atom. The molecule has 0 unspecified atom stereocenters. The number of aliphatic hydroxyl groups is 1. The van der Waals surface area contributed by atoms with Crippen molar-refractivity contribution in [1.82, 2.24) is 9.88 Å².